The van der Waals surface area contributed by atoms with Crippen LogP contribution in [-0.2, 0) is 12.0 Å². The normalized spacial score (nSPS) is 11.5. The lowest BCUT2D eigenvalue weighted by molar-refractivity contribution is 0.388. The molecule has 0 fully saturated rings. The van der Waals surface area contributed by atoms with E-state index < -0.39 is 0 Å². The fourth-order valence-electron chi connectivity index (χ4n) is 1.45. The maximum atomic E-state index is 4.99. The van der Waals surface area contributed by atoms with E-state index in [1.807, 2.05) is 18.3 Å². The maximum absolute atomic E-state index is 4.99. The van der Waals surface area contributed by atoms with Crippen LogP contribution in [0.3, 0.4) is 0 Å². The number of nitrogens with one attached hydrogen (secondary N) is 1. The van der Waals surface area contributed by atoms with Crippen LogP contribution in [0.5, 0.6) is 0 Å². The predicted molar refractivity (Wildman–Crippen MR) is 66.8 cm³/mol. The highest BCUT2D eigenvalue weighted by Gasteiger charge is 2.13. The summed E-state index contributed by atoms with van der Waals surface area (Å²) in [7, 11) is 0. The van der Waals surface area contributed by atoms with Crippen molar-refractivity contribution in [2.75, 3.05) is 5.32 Å². The summed E-state index contributed by atoms with van der Waals surface area (Å²) in [6.07, 6.45) is 3.54. The van der Waals surface area contributed by atoms with Gasteiger partial charge in [-0.3, -0.25) is 0 Å². The molecule has 0 atom stereocenters. The highest BCUT2D eigenvalue weighted by molar-refractivity contribution is 5.37. The Balaban J connectivity index is 1.99. The van der Waals surface area contributed by atoms with Gasteiger partial charge in [0.25, 0.3) is 0 Å². The van der Waals surface area contributed by atoms with Gasteiger partial charge in [0.1, 0.15) is 5.82 Å². The molecule has 0 radical (unpaired) electrons. The molecule has 0 aliphatic rings. The summed E-state index contributed by atoms with van der Waals surface area (Å²) in [6.45, 7) is 7.12. The Morgan fingerprint density at radius 3 is 2.59 bits per heavy atom. The van der Waals surface area contributed by atoms with Crippen molar-refractivity contribution in [2.24, 2.45) is 0 Å². The third-order valence-electron chi connectivity index (χ3n) is 2.56. The Morgan fingerprint density at radius 2 is 2.06 bits per heavy atom. The van der Waals surface area contributed by atoms with Gasteiger partial charge in [0.05, 0.1) is 12.7 Å². The topological polar surface area (TPSA) is 51.0 Å². The Kier molecular flexibility index (Phi) is 3.13. The van der Waals surface area contributed by atoms with Crippen LogP contribution in [0.2, 0.25) is 0 Å². The molecule has 17 heavy (non-hydrogen) atoms. The van der Waals surface area contributed by atoms with Crippen molar-refractivity contribution in [2.45, 2.75) is 32.7 Å². The van der Waals surface area contributed by atoms with Crippen LogP contribution in [0.25, 0.3) is 0 Å². The maximum Gasteiger partial charge on any atom is 0.155 e. The molecule has 2 aromatic rings. The Morgan fingerprint density at radius 1 is 1.24 bits per heavy atom. The Labute approximate surface area is 101 Å². The summed E-state index contributed by atoms with van der Waals surface area (Å²) in [5, 5.41) is 6.83. The molecule has 2 heterocycles. The van der Waals surface area contributed by atoms with Crippen LogP contribution in [0.4, 0.5) is 5.82 Å². The summed E-state index contributed by atoms with van der Waals surface area (Å²) in [5.74, 6) is 1.64. The number of rotatable bonds is 3. The lowest BCUT2D eigenvalue weighted by atomic mass is 9.88. The molecule has 4 nitrogen and oxygen atoms in total. The summed E-state index contributed by atoms with van der Waals surface area (Å²) < 4.78 is 4.99. The number of hydrogen-bond donors (Lipinski definition) is 1. The van der Waals surface area contributed by atoms with E-state index in [0.29, 0.717) is 6.54 Å². The number of nitrogens with zero attached hydrogens (tertiary/aromatic N) is 2. The van der Waals surface area contributed by atoms with Gasteiger partial charge in [-0.1, -0.05) is 32.0 Å². The first kappa shape index (κ1) is 11.6. The van der Waals surface area contributed by atoms with Crippen molar-refractivity contribution < 1.29 is 4.52 Å². The molecule has 2 aromatic heterocycles. The molecular formula is C13H17N3O. The van der Waals surface area contributed by atoms with E-state index in [0.717, 1.165) is 11.6 Å². The lowest BCUT2D eigenvalue weighted by Crippen LogP contribution is -2.11. The highest BCUT2D eigenvalue weighted by atomic mass is 16.5. The minimum atomic E-state index is 0.135. The second kappa shape index (κ2) is 4.57. The Bertz CT molecular complexity index is 454. The highest BCUT2D eigenvalue weighted by Crippen LogP contribution is 2.21. The average molecular weight is 231 g/mol. The smallest absolute Gasteiger partial charge is 0.155 e. The van der Waals surface area contributed by atoms with Crippen LogP contribution in [0.15, 0.2) is 35.1 Å². The van der Waals surface area contributed by atoms with Gasteiger partial charge in [0.2, 0.25) is 0 Å². The van der Waals surface area contributed by atoms with Gasteiger partial charge in [-0.25, -0.2) is 4.98 Å². The van der Waals surface area contributed by atoms with E-state index in [9.17, 15) is 0 Å². The Hall–Kier alpha value is -1.84. The fraction of sp³-hybridized carbons (Fsp3) is 0.385. The molecule has 0 saturated carbocycles. The van der Waals surface area contributed by atoms with Gasteiger partial charge in [0, 0.05) is 12.3 Å². The molecule has 0 unspecified atom stereocenters. The first-order valence-electron chi connectivity index (χ1n) is 5.66. The van der Waals surface area contributed by atoms with Crippen molar-refractivity contribution >= 4 is 5.82 Å². The third kappa shape index (κ3) is 3.06. The van der Waals surface area contributed by atoms with Crippen molar-refractivity contribution in [3.63, 3.8) is 0 Å². The van der Waals surface area contributed by atoms with Gasteiger partial charge in [0.15, 0.2) is 5.76 Å². The van der Waals surface area contributed by atoms with E-state index in [1.54, 1.807) is 6.20 Å². The molecular weight excluding hydrogens is 214 g/mol. The number of pyridine rings is 1. The second-order valence-corrected chi connectivity index (χ2v) is 5.01. The first-order valence-corrected chi connectivity index (χ1v) is 5.66. The zero-order chi connectivity index (χ0) is 12.3. The molecule has 90 valence electrons. The second-order valence-electron chi connectivity index (χ2n) is 5.01. The van der Waals surface area contributed by atoms with E-state index in [-0.39, 0.29) is 5.41 Å². The molecule has 4 heteroatoms. The van der Waals surface area contributed by atoms with Crippen molar-refractivity contribution in [3.8, 4) is 0 Å². The van der Waals surface area contributed by atoms with Crippen LogP contribution in [-0.4, -0.2) is 10.1 Å². The van der Waals surface area contributed by atoms with E-state index >= 15 is 0 Å². The van der Waals surface area contributed by atoms with E-state index in [2.05, 4.69) is 42.3 Å². The average Bonchev–Trinajstić information content (AvgIpc) is 2.78. The summed E-state index contributed by atoms with van der Waals surface area (Å²) in [6, 6.07) is 5.91. The third-order valence-corrected chi connectivity index (χ3v) is 2.56. The van der Waals surface area contributed by atoms with Crippen molar-refractivity contribution in [3.05, 3.63) is 41.9 Å². The van der Waals surface area contributed by atoms with Crippen LogP contribution < -0.4 is 5.32 Å². The zero-order valence-electron chi connectivity index (χ0n) is 10.4. The molecule has 0 aliphatic heterocycles. The van der Waals surface area contributed by atoms with Gasteiger partial charge in [-0.2, -0.15) is 0 Å². The SMILES string of the molecule is CC(C)(C)c1ccc(NCc2ccno2)nc1. The minimum absolute atomic E-state index is 0.135. The zero-order valence-corrected chi connectivity index (χ0v) is 10.4. The monoisotopic (exact) mass is 231 g/mol. The predicted octanol–water partition coefficient (Wildman–Crippen LogP) is 2.98. The largest absolute Gasteiger partial charge is 0.363 e. The summed E-state index contributed by atoms with van der Waals surface area (Å²) >= 11 is 0. The molecule has 2 rings (SSSR count). The number of aromatic nitrogens is 2. The number of hydrogen-bond acceptors (Lipinski definition) is 4. The fourth-order valence-corrected chi connectivity index (χ4v) is 1.45. The van der Waals surface area contributed by atoms with E-state index in [1.165, 1.54) is 5.56 Å². The lowest BCUT2D eigenvalue weighted by Gasteiger charge is -2.18. The van der Waals surface area contributed by atoms with Crippen molar-refractivity contribution in [1.82, 2.24) is 10.1 Å². The molecule has 0 amide bonds. The minimum Gasteiger partial charge on any atom is -0.363 e. The summed E-state index contributed by atoms with van der Waals surface area (Å²) in [4.78, 5) is 4.37. The summed E-state index contributed by atoms with van der Waals surface area (Å²) in [5.41, 5.74) is 1.36. The van der Waals surface area contributed by atoms with Gasteiger partial charge < -0.3 is 9.84 Å². The van der Waals surface area contributed by atoms with Crippen LogP contribution in [0, 0.1) is 0 Å². The van der Waals surface area contributed by atoms with E-state index in [4.69, 9.17) is 4.52 Å². The van der Waals surface area contributed by atoms with Crippen molar-refractivity contribution in [1.29, 1.82) is 0 Å². The molecule has 0 aliphatic carbocycles. The quantitative estimate of drug-likeness (QED) is 0.882. The molecule has 0 aromatic carbocycles. The molecule has 0 saturated heterocycles. The first-order chi connectivity index (χ1) is 8.05. The molecule has 0 bridgehead atoms. The van der Waals surface area contributed by atoms with Gasteiger partial charge in [-0.05, 0) is 17.0 Å². The number of anilines is 1. The molecule has 0 spiro atoms. The van der Waals surface area contributed by atoms with Gasteiger partial charge in [-0.15, -0.1) is 0 Å². The van der Waals surface area contributed by atoms with Crippen LogP contribution in [0.1, 0.15) is 32.1 Å². The van der Waals surface area contributed by atoms with Gasteiger partial charge >= 0.3 is 0 Å². The standard InChI is InChI=1S/C13H17N3O/c1-13(2,3)10-4-5-12(14-8-10)15-9-11-6-7-16-17-11/h4-8H,9H2,1-3H3,(H,14,15). The van der Waals surface area contributed by atoms with Crippen LogP contribution >= 0.6 is 0 Å². The molecule has 1 N–H and O–H groups in total.